The first kappa shape index (κ1) is 118. The number of carbonyl (C=O) groups excluding carboxylic acids is 17. The van der Waals surface area contributed by atoms with Crippen LogP contribution >= 0.6 is 0 Å². The number of hydrogen-bond donors (Lipinski definition) is 26. The molecular formula is C94H144N24O25. The average molecular weight is 2010 g/mol. The number of nitrogens with two attached hydrogens (primary N) is 4. The molecule has 4 heterocycles. The van der Waals surface area contributed by atoms with Gasteiger partial charge in [-0.25, -0.2) is 4.98 Å². The van der Waals surface area contributed by atoms with Gasteiger partial charge < -0.3 is 147 Å². The second kappa shape index (κ2) is 65.3. The van der Waals surface area contributed by atoms with Crippen LogP contribution in [-0.4, -0.2) is 310 Å². The fourth-order valence-electron chi connectivity index (χ4n) is 16.0. The summed E-state index contributed by atoms with van der Waals surface area (Å²) in [7, 11) is 0. The average Bonchev–Trinajstić information content (AvgIpc) is 1.21. The van der Waals surface area contributed by atoms with Crippen LogP contribution in [-0.2, 0) is 120 Å². The molecule has 49 heteroatoms. The van der Waals surface area contributed by atoms with Gasteiger partial charge in [-0.15, -0.1) is 0 Å². The van der Waals surface area contributed by atoms with Gasteiger partial charge in [-0.1, -0.05) is 133 Å². The number of carbonyl (C=O) groups is 19. The lowest BCUT2D eigenvalue weighted by molar-refractivity contribution is -0.143. The maximum absolute atomic E-state index is 15.4. The van der Waals surface area contributed by atoms with Gasteiger partial charge in [-0.3, -0.25) is 96.5 Å². The van der Waals surface area contributed by atoms with Gasteiger partial charge in [0.05, 0.1) is 51.1 Å². The van der Waals surface area contributed by atoms with E-state index in [9.17, 15) is 92.0 Å². The van der Waals surface area contributed by atoms with E-state index in [1.54, 1.807) is 67.7 Å². The van der Waals surface area contributed by atoms with Crippen molar-refractivity contribution in [2.45, 2.75) is 291 Å². The number of carboxylic acids is 2. The van der Waals surface area contributed by atoms with Crippen molar-refractivity contribution in [1.82, 2.24) is 99.6 Å². The van der Waals surface area contributed by atoms with Gasteiger partial charge in [0.1, 0.15) is 79.1 Å². The van der Waals surface area contributed by atoms with E-state index in [4.69, 9.17) is 42.9 Å². The van der Waals surface area contributed by atoms with Crippen LogP contribution in [0.3, 0.4) is 0 Å². The van der Waals surface area contributed by atoms with Gasteiger partial charge in [-0.2, -0.15) is 0 Å². The normalized spacial score (nSPS) is 18.5. The van der Waals surface area contributed by atoms with Crippen molar-refractivity contribution >= 4 is 129 Å². The van der Waals surface area contributed by atoms with Crippen LogP contribution in [0.15, 0.2) is 73.3 Å². The molecule has 0 spiro atoms. The number of aromatic amines is 2. The van der Waals surface area contributed by atoms with Crippen molar-refractivity contribution in [3.05, 3.63) is 90.1 Å². The van der Waals surface area contributed by atoms with Crippen molar-refractivity contribution in [1.29, 1.82) is 5.41 Å². The number of ether oxygens (including phenoxy) is 2. The highest BCUT2D eigenvalue weighted by Gasteiger charge is 2.45. The molecule has 4 aromatic rings. The van der Waals surface area contributed by atoms with E-state index >= 15 is 14.4 Å². The summed E-state index contributed by atoms with van der Waals surface area (Å²) in [6.07, 6.45) is 11.7. The molecule has 2 aromatic heterocycles. The third-order valence-electron chi connectivity index (χ3n) is 23.8. The Kier molecular flexibility index (Phi) is 53.8. The second-order valence-electron chi connectivity index (χ2n) is 35.3. The summed E-state index contributed by atoms with van der Waals surface area (Å²) >= 11 is 0. The summed E-state index contributed by atoms with van der Waals surface area (Å²) in [5.74, 6) is -17.9. The lowest BCUT2D eigenvalue weighted by atomic mass is 10.0. The van der Waals surface area contributed by atoms with Gasteiger partial charge in [0.15, 0.2) is 5.96 Å². The highest BCUT2D eigenvalue weighted by atomic mass is 16.5. The number of nitrogens with one attached hydrogen (secondary N) is 18. The van der Waals surface area contributed by atoms with E-state index in [1.165, 1.54) is 12.5 Å². The van der Waals surface area contributed by atoms with E-state index in [1.807, 2.05) is 0 Å². The molecule has 2 aliphatic rings. The Bertz CT molecular complexity index is 4820. The van der Waals surface area contributed by atoms with Crippen LogP contribution in [0.1, 0.15) is 210 Å². The van der Waals surface area contributed by atoms with Crippen LogP contribution in [0.25, 0.3) is 10.9 Å². The topological polar surface area (TPSA) is 780 Å². The number of hydrogen-bond acceptors (Lipinski definition) is 26. The maximum atomic E-state index is 15.4. The molecule has 2 aliphatic heterocycles. The van der Waals surface area contributed by atoms with E-state index in [0.29, 0.717) is 41.3 Å². The van der Waals surface area contributed by atoms with Crippen molar-refractivity contribution < 1.29 is 121 Å². The summed E-state index contributed by atoms with van der Waals surface area (Å²) in [6, 6.07) is -3.17. The highest BCUT2D eigenvalue weighted by Crippen LogP contribution is 2.24. The summed E-state index contributed by atoms with van der Waals surface area (Å²) in [4.78, 5) is 271. The number of nitrogens with zero attached hydrogens (tertiary/aromatic N) is 2. The van der Waals surface area contributed by atoms with Crippen LogP contribution in [0, 0.1) is 5.41 Å². The Morgan fingerprint density at radius 2 is 1.13 bits per heavy atom. The number of guanidine groups is 1. The third kappa shape index (κ3) is 45.3. The highest BCUT2D eigenvalue weighted by molar-refractivity contribution is 6.01. The number of para-hydroxylation sites is 1. The number of primary amides is 2. The standard InChI is InChI=1S/C94H144N24O25/c1-2-3-27-64(84(132)113-68-34-37-76(122)101-39-22-21-29-63(82(97)130)109-88(136)70(46-58-50-104-62-28-20-19-26-61(58)62)114-85(133)65(30-23-40-103-94(98)99)110-87(135)69(45-57-24-15-14-16-25-57)116-92(140)74-48-60(120)53-118(74)93(68)141)111-90(138)72(49-95)117-89(137)71(47-59-51-100-56-106-59)115-86(134)67(33-36-75(96)121)112-91(139)73(54-119)108-78(124)52-105-79(125)55-143-44-43-142-42-41-102-83(131)66(35-38-81(128)129)107-77(123)31-17-12-10-8-6-4-5-7-9-11-13-18-32-80(126)127/h14-16,19-20,24-26,28,50-51,56,60,63-74,104,119-120H,2-13,17-18,21-23,27,29-49,52-55,95H2,1H3,(H2,96,121)(H2,97,130)(H,100,106)(H,101,122)(H,102,131)(H,105,125)(H,107,123)(H,108,124)(H,109,136)(H,110,135)(H,111,138)(H,112,139)(H,113,132)(H,114,133)(H,115,134)(H,116,140)(H,117,137)(H,126,127)(H,128,129)(H4,98,99,103)/t60-,63+,64+,65+,66-,67-,68+,69-,70+,71+,72+,73+,74+/m1/s1. The zero-order chi connectivity index (χ0) is 105. The summed E-state index contributed by atoms with van der Waals surface area (Å²) in [6.45, 7) is -2.16. The molecule has 0 bridgehead atoms. The van der Waals surface area contributed by atoms with Crippen LogP contribution in [0.2, 0.25) is 0 Å². The molecule has 0 radical (unpaired) electrons. The van der Waals surface area contributed by atoms with Crippen LogP contribution in [0.4, 0.5) is 0 Å². The number of imidazole rings is 1. The van der Waals surface area contributed by atoms with Gasteiger partial charge in [0.2, 0.25) is 100 Å². The minimum Gasteiger partial charge on any atom is -0.481 e. The minimum atomic E-state index is -1.81. The fourth-order valence-corrected chi connectivity index (χ4v) is 16.0. The summed E-state index contributed by atoms with van der Waals surface area (Å²) in [5.41, 5.74) is 25.1. The number of aromatic nitrogens is 3. The number of fused-ring (bicyclic) bond motifs is 2. The molecule has 790 valence electrons. The summed E-state index contributed by atoms with van der Waals surface area (Å²) in [5, 5.41) is 86.7. The number of H-pyrrole nitrogens is 2. The molecule has 0 unspecified atom stereocenters. The Morgan fingerprint density at radius 3 is 1.78 bits per heavy atom. The van der Waals surface area contributed by atoms with Crippen molar-refractivity contribution in [2.24, 2.45) is 22.9 Å². The summed E-state index contributed by atoms with van der Waals surface area (Å²) < 4.78 is 10.8. The first-order chi connectivity index (χ1) is 68.6. The van der Waals surface area contributed by atoms with E-state index in [-0.39, 0.29) is 135 Å². The number of rotatable bonds is 60. The molecular weight excluding hydrogens is 1870 g/mol. The van der Waals surface area contributed by atoms with Crippen molar-refractivity contribution in [3.8, 4) is 0 Å². The van der Waals surface area contributed by atoms with E-state index in [2.05, 4.69) is 94.7 Å². The maximum Gasteiger partial charge on any atom is 0.303 e. The first-order valence-corrected chi connectivity index (χ1v) is 48.8. The minimum absolute atomic E-state index is 0.0277. The Labute approximate surface area is 827 Å². The first-order valence-electron chi connectivity index (χ1n) is 48.8. The van der Waals surface area contributed by atoms with Gasteiger partial charge in [-0.05, 0) is 87.8 Å². The lowest BCUT2D eigenvalue weighted by Crippen LogP contribution is -2.62. The van der Waals surface area contributed by atoms with Gasteiger partial charge >= 0.3 is 11.9 Å². The Hall–Kier alpha value is -13.8. The smallest absolute Gasteiger partial charge is 0.303 e. The van der Waals surface area contributed by atoms with E-state index < -0.39 is 262 Å². The number of benzene rings is 2. The molecule has 6 rings (SSSR count). The number of amides is 17. The Balaban J connectivity index is 1.08. The zero-order valence-electron chi connectivity index (χ0n) is 80.9. The molecule has 30 N–H and O–H groups in total. The molecule has 2 saturated heterocycles. The molecule has 143 heavy (non-hydrogen) atoms. The predicted octanol–water partition coefficient (Wildman–Crippen LogP) is -3.87. The van der Waals surface area contributed by atoms with Crippen LogP contribution < -0.4 is 103 Å². The molecule has 2 fully saturated rings. The number of aliphatic hydroxyl groups excluding tert-OH is 2. The van der Waals surface area contributed by atoms with Crippen molar-refractivity contribution in [3.63, 3.8) is 0 Å². The van der Waals surface area contributed by atoms with Gasteiger partial charge in [0, 0.05) is 114 Å². The predicted molar refractivity (Wildman–Crippen MR) is 517 cm³/mol. The molecule has 13 atom stereocenters. The SMILES string of the molecule is CCCC[C@H](NC(=O)[C@H](CN)NC(=O)[C@H](Cc1c[nH]cn1)NC(=O)[C@@H](CCC(N)=O)NC(=O)[C@H](CO)NC(=O)CNC(=O)COCCOCCNC(=O)[C@@H](CCC(=O)O)NC(=O)CCCCCCCCCCCCCCC(=O)O)C(=O)N[C@H]1CCC(=O)NCCCC[C@@H](C(N)=O)NC(=O)[C@H](Cc2c[nH]c3ccccc23)NC(=O)[C@H](CCCNC(=N)N)NC(=O)[C@@H](Cc2ccccc2)NC(=O)[C@@H]2C[C@@H](O)CN2C1=O. The number of aliphatic hydroxyl groups is 2. The molecule has 49 nitrogen and oxygen atoms in total. The number of carboxylic acid groups (broad SMARTS) is 2. The molecule has 0 saturated carbocycles. The monoisotopic (exact) mass is 2010 g/mol. The van der Waals surface area contributed by atoms with Crippen LogP contribution in [0.5, 0.6) is 0 Å². The quantitative estimate of drug-likeness (QED) is 0.0114. The molecule has 0 aliphatic carbocycles. The van der Waals surface area contributed by atoms with E-state index in [0.717, 1.165) is 69.1 Å². The Morgan fingerprint density at radius 1 is 0.552 bits per heavy atom. The third-order valence-corrected chi connectivity index (χ3v) is 23.8. The molecule has 2 aromatic carbocycles. The fraction of sp³-hybridized carbons (Fsp3) is 0.606. The largest absolute Gasteiger partial charge is 0.481 e. The molecule has 17 amide bonds. The number of unbranched alkanes of at least 4 members (excludes halogenated alkanes) is 12. The van der Waals surface area contributed by atoms with Crippen molar-refractivity contribution in [2.75, 3.05) is 72.3 Å². The number of aliphatic carboxylic acids is 2. The second-order valence-corrected chi connectivity index (χ2v) is 35.3. The van der Waals surface area contributed by atoms with Gasteiger partial charge in [0.25, 0.3) is 0 Å². The lowest BCUT2D eigenvalue weighted by Gasteiger charge is -2.31. The zero-order valence-corrected chi connectivity index (χ0v) is 80.9.